The molecule has 2 atom stereocenters. The summed E-state index contributed by atoms with van der Waals surface area (Å²) in [5.41, 5.74) is 0.609. The largest absolute Gasteiger partial charge is 0.394 e. The smallest absolute Gasteiger partial charge is 0.315 e. The van der Waals surface area contributed by atoms with Gasteiger partial charge in [0.25, 0.3) is 0 Å². The second kappa shape index (κ2) is 7.22. The minimum absolute atomic E-state index is 0.119. The Morgan fingerprint density at radius 3 is 2.73 bits per heavy atom. The van der Waals surface area contributed by atoms with Crippen molar-refractivity contribution in [2.45, 2.75) is 31.8 Å². The first-order chi connectivity index (χ1) is 10.5. The third-order valence-corrected chi connectivity index (χ3v) is 3.65. The van der Waals surface area contributed by atoms with Crippen molar-refractivity contribution in [2.75, 3.05) is 18.1 Å². The number of halogens is 1. The average Bonchev–Trinajstić information content (AvgIpc) is 2.86. The van der Waals surface area contributed by atoms with Gasteiger partial charge in [0.1, 0.15) is 5.82 Å². The van der Waals surface area contributed by atoms with Crippen LogP contribution in [0.25, 0.3) is 0 Å². The normalized spacial score (nSPS) is 19.1. The summed E-state index contributed by atoms with van der Waals surface area (Å²) >= 11 is 0. The Hall–Kier alpha value is -2.15. The summed E-state index contributed by atoms with van der Waals surface area (Å²) < 4.78 is 12.9. The van der Waals surface area contributed by atoms with Gasteiger partial charge in [0.15, 0.2) is 0 Å². The standard InChI is InChI=1S/C15H20FN3O3/c1-2-11(9-20)17-15(22)18-12-7-14(21)19(8-12)13-5-3-10(16)4-6-13/h3-6,11-12,20H,2,7-9H2,1H3,(H2,17,18,22)/t11-,12+/m0/s1. The van der Waals surface area contributed by atoms with E-state index in [1.807, 2.05) is 6.92 Å². The SMILES string of the molecule is CC[C@@H](CO)NC(=O)N[C@@H]1CC(=O)N(c2ccc(F)cc2)C1. The number of carbonyl (C=O) groups is 2. The van der Waals surface area contributed by atoms with E-state index in [1.165, 1.54) is 29.2 Å². The van der Waals surface area contributed by atoms with E-state index in [2.05, 4.69) is 10.6 Å². The second-order valence-electron chi connectivity index (χ2n) is 5.29. The number of hydrogen-bond donors (Lipinski definition) is 3. The lowest BCUT2D eigenvalue weighted by Crippen LogP contribution is -2.48. The number of aliphatic hydroxyl groups excluding tert-OH is 1. The first-order valence-corrected chi connectivity index (χ1v) is 7.27. The van der Waals surface area contributed by atoms with Crippen molar-refractivity contribution in [2.24, 2.45) is 0 Å². The zero-order valence-corrected chi connectivity index (χ0v) is 12.4. The lowest BCUT2D eigenvalue weighted by molar-refractivity contribution is -0.117. The van der Waals surface area contributed by atoms with E-state index in [1.54, 1.807) is 0 Å². The predicted molar refractivity (Wildman–Crippen MR) is 80.0 cm³/mol. The van der Waals surface area contributed by atoms with Crippen molar-refractivity contribution >= 4 is 17.6 Å². The number of carbonyl (C=O) groups excluding carboxylic acids is 2. The Morgan fingerprint density at radius 2 is 2.14 bits per heavy atom. The Balaban J connectivity index is 1.92. The molecule has 0 radical (unpaired) electrons. The van der Waals surface area contributed by atoms with Crippen LogP contribution < -0.4 is 15.5 Å². The summed E-state index contributed by atoms with van der Waals surface area (Å²) in [6.07, 6.45) is 0.815. The van der Waals surface area contributed by atoms with Crippen LogP contribution in [-0.2, 0) is 4.79 Å². The highest BCUT2D eigenvalue weighted by Crippen LogP contribution is 2.21. The molecule has 1 fully saturated rings. The minimum atomic E-state index is -0.403. The number of anilines is 1. The molecular formula is C15H20FN3O3. The van der Waals surface area contributed by atoms with Gasteiger partial charge in [0.2, 0.25) is 5.91 Å². The first-order valence-electron chi connectivity index (χ1n) is 7.27. The van der Waals surface area contributed by atoms with Crippen molar-refractivity contribution < 1.29 is 19.1 Å². The number of nitrogens with one attached hydrogen (secondary N) is 2. The summed E-state index contributed by atoms with van der Waals surface area (Å²) in [6.45, 7) is 2.07. The topological polar surface area (TPSA) is 81.7 Å². The molecule has 1 aromatic carbocycles. The maximum Gasteiger partial charge on any atom is 0.315 e. The van der Waals surface area contributed by atoms with Gasteiger partial charge in [-0.15, -0.1) is 0 Å². The molecular weight excluding hydrogens is 289 g/mol. The van der Waals surface area contributed by atoms with E-state index < -0.39 is 6.03 Å². The van der Waals surface area contributed by atoms with E-state index in [4.69, 9.17) is 5.11 Å². The van der Waals surface area contributed by atoms with Gasteiger partial charge in [-0.25, -0.2) is 9.18 Å². The number of rotatable bonds is 5. The number of nitrogens with zero attached hydrogens (tertiary/aromatic N) is 1. The number of urea groups is 1. The second-order valence-corrected chi connectivity index (χ2v) is 5.29. The van der Waals surface area contributed by atoms with Crippen LogP contribution in [0.4, 0.5) is 14.9 Å². The summed E-state index contributed by atoms with van der Waals surface area (Å²) in [4.78, 5) is 25.3. The quantitative estimate of drug-likeness (QED) is 0.759. The minimum Gasteiger partial charge on any atom is -0.394 e. The molecule has 0 bridgehead atoms. The van der Waals surface area contributed by atoms with Crippen LogP contribution in [0.1, 0.15) is 19.8 Å². The molecule has 0 spiro atoms. The molecule has 120 valence electrons. The van der Waals surface area contributed by atoms with Gasteiger partial charge in [-0.1, -0.05) is 6.92 Å². The predicted octanol–water partition coefficient (Wildman–Crippen LogP) is 1.00. The fraction of sp³-hybridized carbons (Fsp3) is 0.467. The van der Waals surface area contributed by atoms with Crippen LogP contribution >= 0.6 is 0 Å². The van der Waals surface area contributed by atoms with Crippen molar-refractivity contribution in [3.05, 3.63) is 30.1 Å². The molecule has 0 unspecified atom stereocenters. The van der Waals surface area contributed by atoms with Gasteiger partial charge in [-0.3, -0.25) is 4.79 Å². The van der Waals surface area contributed by atoms with Crippen molar-refractivity contribution in [3.8, 4) is 0 Å². The van der Waals surface area contributed by atoms with Gasteiger partial charge in [0, 0.05) is 18.7 Å². The van der Waals surface area contributed by atoms with E-state index >= 15 is 0 Å². The van der Waals surface area contributed by atoms with Crippen LogP contribution in [0, 0.1) is 5.82 Å². The molecule has 0 aliphatic carbocycles. The fourth-order valence-electron chi connectivity index (χ4n) is 2.36. The van der Waals surface area contributed by atoms with Gasteiger partial charge in [-0.2, -0.15) is 0 Å². The Morgan fingerprint density at radius 1 is 1.45 bits per heavy atom. The van der Waals surface area contributed by atoms with E-state index in [-0.39, 0.29) is 36.8 Å². The molecule has 0 aromatic heterocycles. The van der Waals surface area contributed by atoms with Gasteiger partial charge in [0.05, 0.1) is 18.7 Å². The molecule has 3 N–H and O–H groups in total. The Labute approximate surface area is 128 Å². The van der Waals surface area contributed by atoms with Crippen LogP contribution in [0.3, 0.4) is 0 Å². The van der Waals surface area contributed by atoms with Crippen molar-refractivity contribution in [1.29, 1.82) is 0 Å². The van der Waals surface area contributed by atoms with Crippen LogP contribution in [-0.4, -0.2) is 42.3 Å². The number of hydrogen-bond acceptors (Lipinski definition) is 3. The lowest BCUT2D eigenvalue weighted by atomic mass is 10.2. The van der Waals surface area contributed by atoms with Crippen molar-refractivity contribution in [3.63, 3.8) is 0 Å². The van der Waals surface area contributed by atoms with Gasteiger partial charge < -0.3 is 20.6 Å². The fourth-order valence-corrected chi connectivity index (χ4v) is 2.36. The van der Waals surface area contributed by atoms with Crippen molar-refractivity contribution in [1.82, 2.24) is 10.6 Å². The highest BCUT2D eigenvalue weighted by Gasteiger charge is 2.31. The zero-order chi connectivity index (χ0) is 16.1. The maximum atomic E-state index is 12.9. The van der Waals surface area contributed by atoms with E-state index in [0.717, 1.165) is 0 Å². The maximum absolute atomic E-state index is 12.9. The molecule has 22 heavy (non-hydrogen) atoms. The molecule has 6 nitrogen and oxygen atoms in total. The molecule has 1 aliphatic heterocycles. The molecule has 2 rings (SSSR count). The lowest BCUT2D eigenvalue weighted by Gasteiger charge is -2.19. The van der Waals surface area contributed by atoms with Crippen LogP contribution in [0.15, 0.2) is 24.3 Å². The summed E-state index contributed by atoms with van der Waals surface area (Å²) in [6, 6.07) is 4.65. The molecule has 1 saturated heterocycles. The third kappa shape index (κ3) is 3.94. The highest BCUT2D eigenvalue weighted by atomic mass is 19.1. The van der Waals surface area contributed by atoms with Crippen LogP contribution in [0.5, 0.6) is 0 Å². The number of aliphatic hydroxyl groups is 1. The third-order valence-electron chi connectivity index (χ3n) is 3.65. The summed E-state index contributed by atoms with van der Waals surface area (Å²) in [5.74, 6) is -0.481. The first kappa shape index (κ1) is 16.2. The molecule has 1 aliphatic rings. The molecule has 1 aromatic rings. The molecule has 1 heterocycles. The summed E-state index contributed by atoms with van der Waals surface area (Å²) in [7, 11) is 0. The van der Waals surface area contributed by atoms with Crippen LogP contribution in [0.2, 0.25) is 0 Å². The summed E-state index contributed by atoms with van der Waals surface area (Å²) in [5, 5.41) is 14.4. The monoisotopic (exact) mass is 309 g/mol. The van der Waals surface area contributed by atoms with Gasteiger partial charge >= 0.3 is 6.03 Å². The highest BCUT2D eigenvalue weighted by molar-refractivity contribution is 5.96. The average molecular weight is 309 g/mol. The molecule has 7 heteroatoms. The van der Waals surface area contributed by atoms with Gasteiger partial charge in [-0.05, 0) is 30.7 Å². The number of benzene rings is 1. The molecule has 3 amide bonds. The Kier molecular flexibility index (Phi) is 5.32. The molecule has 0 saturated carbocycles. The number of amides is 3. The van der Waals surface area contributed by atoms with E-state index in [9.17, 15) is 14.0 Å². The van der Waals surface area contributed by atoms with E-state index in [0.29, 0.717) is 18.7 Å². The Bertz CT molecular complexity index is 531. The zero-order valence-electron chi connectivity index (χ0n) is 12.4.